The van der Waals surface area contributed by atoms with Gasteiger partial charge in [0.1, 0.15) is 23.7 Å². The van der Waals surface area contributed by atoms with E-state index in [9.17, 15) is 9.18 Å². The molecule has 0 atom stereocenters. The Kier molecular flexibility index (Phi) is 4.90. The number of benzene rings is 2. The van der Waals surface area contributed by atoms with Crippen molar-refractivity contribution in [3.63, 3.8) is 0 Å². The summed E-state index contributed by atoms with van der Waals surface area (Å²) >= 11 is 6.09. The number of aromatic nitrogens is 2. The lowest BCUT2D eigenvalue weighted by molar-refractivity contribution is 0.102. The van der Waals surface area contributed by atoms with Crippen LogP contribution in [0.2, 0.25) is 5.02 Å². The van der Waals surface area contributed by atoms with Gasteiger partial charge in [-0.05, 0) is 36.8 Å². The van der Waals surface area contributed by atoms with Gasteiger partial charge in [-0.25, -0.2) is 14.4 Å². The van der Waals surface area contributed by atoms with Gasteiger partial charge in [0.05, 0.1) is 5.69 Å². The number of carbonyl (C=O) groups excluding carboxylic acids is 1. The number of hydrogen-bond donors (Lipinski definition) is 2. The van der Waals surface area contributed by atoms with Gasteiger partial charge in [0.25, 0.3) is 5.91 Å². The van der Waals surface area contributed by atoms with Crippen molar-refractivity contribution in [2.75, 3.05) is 10.6 Å². The highest BCUT2D eigenvalue weighted by atomic mass is 35.5. The van der Waals surface area contributed by atoms with E-state index in [-0.39, 0.29) is 11.4 Å². The van der Waals surface area contributed by atoms with Crippen LogP contribution in [-0.4, -0.2) is 15.9 Å². The first-order valence-electron chi connectivity index (χ1n) is 7.44. The van der Waals surface area contributed by atoms with Crippen LogP contribution in [-0.2, 0) is 0 Å². The molecule has 2 aromatic carbocycles. The molecule has 3 rings (SSSR count). The van der Waals surface area contributed by atoms with Crippen LogP contribution in [0.4, 0.5) is 21.6 Å². The maximum absolute atomic E-state index is 13.6. The summed E-state index contributed by atoms with van der Waals surface area (Å²) in [5.41, 5.74) is 1.89. The van der Waals surface area contributed by atoms with Crippen LogP contribution in [0.15, 0.2) is 54.9 Å². The summed E-state index contributed by atoms with van der Waals surface area (Å²) in [5, 5.41) is 6.16. The first kappa shape index (κ1) is 16.9. The van der Waals surface area contributed by atoms with Crippen LogP contribution in [0.25, 0.3) is 0 Å². The third-order valence-corrected chi connectivity index (χ3v) is 3.87. The molecule has 0 fully saturated rings. The number of nitrogens with zero attached hydrogens (tertiary/aromatic N) is 2. The Balaban J connectivity index is 1.77. The van der Waals surface area contributed by atoms with Crippen molar-refractivity contribution >= 4 is 34.7 Å². The van der Waals surface area contributed by atoms with E-state index in [0.29, 0.717) is 10.8 Å². The number of anilines is 3. The molecular formula is C18H14ClFN4O. The fraction of sp³-hybridized carbons (Fsp3) is 0.0556. The summed E-state index contributed by atoms with van der Waals surface area (Å²) in [6.45, 7) is 1.90. The molecule has 0 bridgehead atoms. The third-order valence-electron chi connectivity index (χ3n) is 3.47. The number of halogens is 2. The topological polar surface area (TPSA) is 66.9 Å². The summed E-state index contributed by atoms with van der Waals surface area (Å²) in [6, 6.07) is 12.9. The van der Waals surface area contributed by atoms with Crippen LogP contribution < -0.4 is 10.6 Å². The number of amides is 1. The molecule has 7 heteroatoms. The maximum Gasteiger partial charge on any atom is 0.274 e. The van der Waals surface area contributed by atoms with E-state index in [1.54, 1.807) is 18.2 Å². The molecule has 0 saturated carbocycles. The van der Waals surface area contributed by atoms with Gasteiger partial charge < -0.3 is 10.6 Å². The van der Waals surface area contributed by atoms with Gasteiger partial charge in [0.2, 0.25) is 0 Å². The molecule has 2 N–H and O–H groups in total. The Morgan fingerprint density at radius 3 is 2.68 bits per heavy atom. The predicted molar refractivity (Wildman–Crippen MR) is 95.9 cm³/mol. The fourth-order valence-corrected chi connectivity index (χ4v) is 2.30. The molecule has 126 valence electrons. The second-order valence-corrected chi connectivity index (χ2v) is 5.72. The minimum Gasteiger partial charge on any atom is -0.340 e. The van der Waals surface area contributed by atoms with Crippen molar-refractivity contribution in [1.82, 2.24) is 9.97 Å². The smallest absolute Gasteiger partial charge is 0.274 e. The van der Waals surface area contributed by atoms with Crippen molar-refractivity contribution in [1.29, 1.82) is 0 Å². The molecule has 1 aromatic heterocycles. The van der Waals surface area contributed by atoms with Crippen LogP contribution >= 0.6 is 11.6 Å². The van der Waals surface area contributed by atoms with E-state index in [4.69, 9.17) is 11.6 Å². The molecule has 0 aliphatic heterocycles. The largest absolute Gasteiger partial charge is 0.340 e. The van der Waals surface area contributed by atoms with Crippen LogP contribution in [0, 0.1) is 12.7 Å². The number of para-hydroxylation sites is 1. The molecule has 0 aliphatic rings. The van der Waals surface area contributed by atoms with Crippen molar-refractivity contribution < 1.29 is 9.18 Å². The summed E-state index contributed by atoms with van der Waals surface area (Å²) in [6.07, 6.45) is 1.26. The van der Waals surface area contributed by atoms with Gasteiger partial charge in [-0.3, -0.25) is 4.79 Å². The number of rotatable bonds is 4. The van der Waals surface area contributed by atoms with Crippen LogP contribution in [0.3, 0.4) is 0 Å². The second kappa shape index (κ2) is 7.27. The zero-order chi connectivity index (χ0) is 17.8. The first-order valence-corrected chi connectivity index (χ1v) is 7.82. The van der Waals surface area contributed by atoms with Crippen molar-refractivity contribution in [3.05, 3.63) is 77.0 Å². The maximum atomic E-state index is 13.6. The minimum absolute atomic E-state index is 0.0888. The van der Waals surface area contributed by atoms with E-state index in [2.05, 4.69) is 20.6 Å². The Morgan fingerprint density at radius 2 is 1.92 bits per heavy atom. The molecule has 3 aromatic rings. The van der Waals surface area contributed by atoms with E-state index in [1.807, 2.05) is 19.1 Å². The number of nitrogens with one attached hydrogen (secondary N) is 2. The van der Waals surface area contributed by atoms with Gasteiger partial charge in [-0.2, -0.15) is 0 Å². The molecule has 0 unspecified atom stereocenters. The fourth-order valence-electron chi connectivity index (χ4n) is 2.12. The lowest BCUT2D eigenvalue weighted by atomic mass is 10.2. The van der Waals surface area contributed by atoms with Gasteiger partial charge in [-0.15, -0.1) is 0 Å². The van der Waals surface area contributed by atoms with Gasteiger partial charge >= 0.3 is 0 Å². The standard InChI is InChI=1S/C18H14ClFN4O/c1-11-6-7-12(8-13(11)19)23-17-9-16(21-10-22-17)18(25)24-15-5-3-2-4-14(15)20/h2-10H,1H3,(H,24,25)(H,21,22,23). The number of hydrogen-bond acceptors (Lipinski definition) is 4. The number of carbonyl (C=O) groups is 1. The molecule has 25 heavy (non-hydrogen) atoms. The van der Waals surface area contributed by atoms with E-state index >= 15 is 0 Å². The molecular weight excluding hydrogens is 343 g/mol. The highest BCUT2D eigenvalue weighted by Gasteiger charge is 2.11. The van der Waals surface area contributed by atoms with Crippen LogP contribution in [0.1, 0.15) is 16.1 Å². The molecule has 1 heterocycles. The van der Waals surface area contributed by atoms with Gasteiger partial charge in [0, 0.05) is 16.8 Å². The average molecular weight is 357 g/mol. The summed E-state index contributed by atoms with van der Waals surface area (Å²) in [4.78, 5) is 20.3. The molecule has 5 nitrogen and oxygen atoms in total. The highest BCUT2D eigenvalue weighted by molar-refractivity contribution is 6.31. The van der Waals surface area contributed by atoms with Gasteiger partial charge in [-0.1, -0.05) is 29.8 Å². The Labute approximate surface area is 148 Å². The highest BCUT2D eigenvalue weighted by Crippen LogP contribution is 2.22. The lowest BCUT2D eigenvalue weighted by Crippen LogP contribution is -2.15. The summed E-state index contributed by atoms with van der Waals surface area (Å²) < 4.78 is 13.6. The zero-order valence-electron chi connectivity index (χ0n) is 13.3. The molecule has 0 radical (unpaired) electrons. The monoisotopic (exact) mass is 356 g/mol. The molecule has 0 aliphatic carbocycles. The number of aryl methyl sites for hydroxylation is 1. The predicted octanol–water partition coefficient (Wildman–Crippen LogP) is 4.57. The average Bonchev–Trinajstić information content (AvgIpc) is 2.60. The third kappa shape index (κ3) is 4.10. The van der Waals surface area contributed by atoms with E-state index in [0.717, 1.165) is 11.3 Å². The normalized spacial score (nSPS) is 10.4. The zero-order valence-corrected chi connectivity index (χ0v) is 14.0. The molecule has 1 amide bonds. The van der Waals surface area contributed by atoms with E-state index in [1.165, 1.54) is 24.5 Å². The van der Waals surface area contributed by atoms with Crippen molar-refractivity contribution in [2.24, 2.45) is 0 Å². The second-order valence-electron chi connectivity index (χ2n) is 5.31. The van der Waals surface area contributed by atoms with Gasteiger partial charge in [0.15, 0.2) is 0 Å². The minimum atomic E-state index is -0.530. The summed E-state index contributed by atoms with van der Waals surface area (Å²) in [5.74, 6) is -0.622. The lowest BCUT2D eigenvalue weighted by Gasteiger charge is -2.09. The molecule has 0 saturated heterocycles. The van der Waals surface area contributed by atoms with Crippen LogP contribution in [0.5, 0.6) is 0 Å². The Morgan fingerprint density at radius 1 is 1.12 bits per heavy atom. The van der Waals surface area contributed by atoms with Crippen molar-refractivity contribution in [3.8, 4) is 0 Å². The molecule has 0 spiro atoms. The van der Waals surface area contributed by atoms with Crippen molar-refractivity contribution in [2.45, 2.75) is 6.92 Å². The Hall–Kier alpha value is -2.99. The summed E-state index contributed by atoms with van der Waals surface area (Å²) in [7, 11) is 0. The van der Waals surface area contributed by atoms with E-state index < -0.39 is 11.7 Å². The first-order chi connectivity index (χ1) is 12.0. The quantitative estimate of drug-likeness (QED) is 0.718. The Bertz CT molecular complexity index is 932. The SMILES string of the molecule is Cc1ccc(Nc2cc(C(=O)Nc3ccccc3F)ncn2)cc1Cl.